The summed E-state index contributed by atoms with van der Waals surface area (Å²) in [6.45, 7) is 4.98. The van der Waals surface area contributed by atoms with Crippen molar-refractivity contribution in [2.75, 3.05) is 25.0 Å². The fourth-order valence-corrected chi connectivity index (χ4v) is 3.54. The summed E-state index contributed by atoms with van der Waals surface area (Å²) in [5, 5.41) is 16.1. The normalized spacial score (nSPS) is 14.8. The Labute approximate surface area is 175 Å². The second kappa shape index (κ2) is 9.98. The van der Waals surface area contributed by atoms with E-state index in [-0.39, 0.29) is 11.4 Å². The minimum atomic E-state index is -0.819. The van der Waals surface area contributed by atoms with Crippen LogP contribution in [0.3, 0.4) is 0 Å². The molecule has 0 aromatic heterocycles. The number of rotatable bonds is 6. The van der Waals surface area contributed by atoms with Gasteiger partial charge in [0.05, 0.1) is 10.6 Å². The molecule has 2 aromatic carbocycles. The van der Waals surface area contributed by atoms with Crippen LogP contribution in [-0.2, 0) is 16.1 Å². The van der Waals surface area contributed by atoms with Gasteiger partial charge >= 0.3 is 11.8 Å². The molecule has 1 saturated heterocycles. The molecule has 0 unspecified atom stereocenters. The van der Waals surface area contributed by atoms with E-state index in [4.69, 9.17) is 0 Å². The summed E-state index contributed by atoms with van der Waals surface area (Å²) >= 11 is 0. The number of carbonyl (C=O) groups excluding carboxylic acids is 2. The van der Waals surface area contributed by atoms with E-state index >= 15 is 0 Å². The first kappa shape index (κ1) is 21.4. The van der Waals surface area contributed by atoms with Gasteiger partial charge in [-0.05, 0) is 49.9 Å². The standard InChI is InChI=1S/C22H26N4O4/c1-16-7-8-19(26(29)30)13-20(16)24-22(28)21(27)23-14-17-9-11-25(12-10-17)15-18-5-3-2-4-6-18/h2-8,13,17H,9-12,14-15H2,1H3,(H,23,27)(H,24,28). The molecule has 0 radical (unpaired) electrons. The maximum Gasteiger partial charge on any atom is 0.313 e. The molecule has 2 amide bonds. The van der Waals surface area contributed by atoms with Crippen LogP contribution in [0.1, 0.15) is 24.0 Å². The van der Waals surface area contributed by atoms with Gasteiger partial charge in [-0.2, -0.15) is 0 Å². The highest BCUT2D eigenvalue weighted by Gasteiger charge is 2.22. The van der Waals surface area contributed by atoms with E-state index in [1.807, 2.05) is 18.2 Å². The largest absolute Gasteiger partial charge is 0.348 e. The van der Waals surface area contributed by atoms with Crippen LogP contribution >= 0.6 is 0 Å². The van der Waals surface area contributed by atoms with Crippen molar-refractivity contribution in [2.45, 2.75) is 26.3 Å². The highest BCUT2D eigenvalue weighted by molar-refractivity contribution is 6.39. The van der Waals surface area contributed by atoms with Crippen molar-refractivity contribution in [3.63, 3.8) is 0 Å². The van der Waals surface area contributed by atoms with Crippen molar-refractivity contribution in [3.8, 4) is 0 Å². The van der Waals surface area contributed by atoms with Gasteiger partial charge in [0.2, 0.25) is 0 Å². The number of benzene rings is 2. The zero-order chi connectivity index (χ0) is 21.5. The Morgan fingerprint density at radius 1 is 1.10 bits per heavy atom. The van der Waals surface area contributed by atoms with E-state index in [2.05, 4.69) is 27.7 Å². The number of amides is 2. The van der Waals surface area contributed by atoms with Crippen LogP contribution in [0.15, 0.2) is 48.5 Å². The molecule has 1 aliphatic rings. The first-order valence-corrected chi connectivity index (χ1v) is 10.0. The third-order valence-corrected chi connectivity index (χ3v) is 5.39. The molecule has 158 valence electrons. The first-order valence-electron chi connectivity index (χ1n) is 10.0. The summed E-state index contributed by atoms with van der Waals surface area (Å²) in [6.07, 6.45) is 1.91. The number of likely N-dealkylation sites (tertiary alicyclic amines) is 1. The maximum atomic E-state index is 12.2. The lowest BCUT2D eigenvalue weighted by molar-refractivity contribution is -0.384. The monoisotopic (exact) mass is 410 g/mol. The molecule has 1 aliphatic heterocycles. The number of nitrogens with one attached hydrogen (secondary N) is 2. The first-order chi connectivity index (χ1) is 14.4. The zero-order valence-corrected chi connectivity index (χ0v) is 17.0. The predicted molar refractivity (Wildman–Crippen MR) is 114 cm³/mol. The average molecular weight is 410 g/mol. The van der Waals surface area contributed by atoms with Crippen molar-refractivity contribution >= 4 is 23.2 Å². The molecule has 3 rings (SSSR count). The minimum absolute atomic E-state index is 0.140. The molecule has 0 spiro atoms. The van der Waals surface area contributed by atoms with Gasteiger partial charge in [-0.25, -0.2) is 0 Å². The number of anilines is 1. The molecule has 30 heavy (non-hydrogen) atoms. The van der Waals surface area contributed by atoms with Crippen molar-refractivity contribution in [1.82, 2.24) is 10.2 Å². The lowest BCUT2D eigenvalue weighted by Gasteiger charge is -2.32. The molecule has 8 heteroatoms. The number of carbonyl (C=O) groups is 2. The second-order valence-corrected chi connectivity index (χ2v) is 7.63. The number of nitro groups is 1. The summed E-state index contributed by atoms with van der Waals surface area (Å²) in [4.78, 5) is 37.1. The molecule has 0 bridgehead atoms. The minimum Gasteiger partial charge on any atom is -0.348 e. The van der Waals surface area contributed by atoms with Crippen LogP contribution in [0.5, 0.6) is 0 Å². The van der Waals surface area contributed by atoms with Gasteiger partial charge in [0, 0.05) is 25.2 Å². The van der Waals surface area contributed by atoms with Crippen molar-refractivity contribution in [1.29, 1.82) is 0 Å². The second-order valence-electron chi connectivity index (χ2n) is 7.63. The van der Waals surface area contributed by atoms with Crippen molar-refractivity contribution in [2.24, 2.45) is 5.92 Å². The topological polar surface area (TPSA) is 105 Å². The number of hydrogen-bond donors (Lipinski definition) is 2. The SMILES string of the molecule is Cc1ccc([N+](=O)[O-])cc1NC(=O)C(=O)NCC1CCN(Cc2ccccc2)CC1. The Morgan fingerprint density at radius 3 is 2.47 bits per heavy atom. The quantitative estimate of drug-likeness (QED) is 0.433. The summed E-state index contributed by atoms with van der Waals surface area (Å²) < 4.78 is 0. The molecule has 0 saturated carbocycles. The highest BCUT2D eigenvalue weighted by Crippen LogP contribution is 2.22. The zero-order valence-electron chi connectivity index (χ0n) is 17.0. The Kier molecular flexibility index (Phi) is 7.13. The van der Waals surface area contributed by atoms with Gasteiger partial charge in [-0.15, -0.1) is 0 Å². The third kappa shape index (κ3) is 5.87. The van der Waals surface area contributed by atoms with Gasteiger partial charge in [0.1, 0.15) is 0 Å². The van der Waals surface area contributed by atoms with Crippen LogP contribution < -0.4 is 10.6 Å². The molecule has 0 aliphatic carbocycles. The Hall–Kier alpha value is -3.26. The smallest absolute Gasteiger partial charge is 0.313 e. The van der Waals surface area contributed by atoms with E-state index in [1.165, 1.54) is 23.8 Å². The van der Waals surface area contributed by atoms with Gasteiger partial charge in [0.15, 0.2) is 0 Å². The molecule has 0 atom stereocenters. The molecule has 1 heterocycles. The Morgan fingerprint density at radius 2 is 1.80 bits per heavy atom. The molecular weight excluding hydrogens is 384 g/mol. The molecular formula is C22H26N4O4. The van der Waals surface area contributed by atoms with E-state index in [1.54, 1.807) is 6.92 Å². The number of nitro benzene ring substituents is 1. The predicted octanol–water partition coefficient (Wildman–Crippen LogP) is 2.87. The Balaban J connectivity index is 1.43. The van der Waals surface area contributed by atoms with Crippen LogP contribution in [-0.4, -0.2) is 41.3 Å². The van der Waals surface area contributed by atoms with Crippen LogP contribution in [0.4, 0.5) is 11.4 Å². The fourth-order valence-electron chi connectivity index (χ4n) is 3.54. The molecule has 2 aromatic rings. The third-order valence-electron chi connectivity index (χ3n) is 5.39. The molecule has 8 nitrogen and oxygen atoms in total. The van der Waals surface area contributed by atoms with Gasteiger partial charge < -0.3 is 10.6 Å². The lowest BCUT2D eigenvalue weighted by atomic mass is 9.96. The van der Waals surface area contributed by atoms with Crippen LogP contribution in [0.25, 0.3) is 0 Å². The number of piperidine rings is 1. The summed E-state index contributed by atoms with van der Waals surface area (Å²) in [6, 6.07) is 14.5. The van der Waals surface area contributed by atoms with Crippen LogP contribution in [0, 0.1) is 23.0 Å². The van der Waals surface area contributed by atoms with Gasteiger partial charge in [-0.1, -0.05) is 36.4 Å². The maximum absolute atomic E-state index is 12.2. The van der Waals surface area contributed by atoms with Gasteiger partial charge in [-0.3, -0.25) is 24.6 Å². The average Bonchev–Trinajstić information content (AvgIpc) is 2.75. The van der Waals surface area contributed by atoms with E-state index < -0.39 is 16.7 Å². The summed E-state index contributed by atoms with van der Waals surface area (Å²) in [5.74, 6) is -1.22. The van der Waals surface area contributed by atoms with Crippen molar-refractivity contribution in [3.05, 3.63) is 69.8 Å². The van der Waals surface area contributed by atoms with E-state index in [0.717, 1.165) is 32.5 Å². The van der Waals surface area contributed by atoms with Crippen LogP contribution in [0.2, 0.25) is 0 Å². The molecule has 1 fully saturated rings. The number of nitrogens with zero attached hydrogens (tertiary/aromatic N) is 2. The highest BCUT2D eigenvalue weighted by atomic mass is 16.6. The van der Waals surface area contributed by atoms with Crippen molar-refractivity contribution < 1.29 is 14.5 Å². The van der Waals surface area contributed by atoms with E-state index in [0.29, 0.717) is 18.0 Å². The fraction of sp³-hybridized carbons (Fsp3) is 0.364. The summed E-state index contributed by atoms with van der Waals surface area (Å²) in [7, 11) is 0. The Bertz CT molecular complexity index is 909. The van der Waals surface area contributed by atoms with Gasteiger partial charge in [0.25, 0.3) is 5.69 Å². The van der Waals surface area contributed by atoms with E-state index in [9.17, 15) is 19.7 Å². The number of aryl methyl sites for hydroxylation is 1. The number of non-ortho nitro benzene ring substituents is 1. The number of hydrogen-bond acceptors (Lipinski definition) is 5. The lowest BCUT2D eigenvalue weighted by Crippen LogP contribution is -2.41. The summed E-state index contributed by atoms with van der Waals surface area (Å²) in [5.41, 5.74) is 2.06. The molecule has 2 N–H and O–H groups in total.